The Morgan fingerprint density at radius 2 is 2.03 bits per heavy atom. The predicted molar refractivity (Wildman–Crippen MR) is 126 cm³/mol. The van der Waals surface area contributed by atoms with Crippen molar-refractivity contribution in [2.24, 2.45) is 23.2 Å². The van der Waals surface area contributed by atoms with Gasteiger partial charge in [0.15, 0.2) is 5.69 Å². The molecule has 1 fully saturated rings. The molecule has 1 saturated heterocycles. The third-order valence-electron chi connectivity index (χ3n) is 7.40. The summed E-state index contributed by atoms with van der Waals surface area (Å²) >= 11 is 3.42. The number of methoxy groups -OCH3 is 1. The van der Waals surface area contributed by atoms with Crippen molar-refractivity contribution in [1.29, 1.82) is 0 Å². The van der Waals surface area contributed by atoms with E-state index in [4.69, 9.17) is 14.2 Å². The summed E-state index contributed by atoms with van der Waals surface area (Å²) in [5.74, 6) is 1.17. The van der Waals surface area contributed by atoms with Crippen LogP contribution in [0.5, 0.6) is 5.75 Å². The maximum atomic E-state index is 12.8. The Balaban J connectivity index is 1.56. The van der Waals surface area contributed by atoms with Crippen LogP contribution in [-0.4, -0.2) is 36.1 Å². The van der Waals surface area contributed by atoms with Gasteiger partial charge in [-0.05, 0) is 59.3 Å². The molecule has 0 unspecified atom stereocenters. The van der Waals surface area contributed by atoms with E-state index in [0.717, 1.165) is 11.3 Å². The topological polar surface area (TPSA) is 62.6 Å². The number of carbonyl (C=O) groups excluding carboxylic acids is 1. The molecule has 2 bridgehead atoms. The average molecular weight is 503 g/mol. The maximum absolute atomic E-state index is 12.8. The Morgan fingerprint density at radius 1 is 1.31 bits per heavy atom. The zero-order valence-corrected chi connectivity index (χ0v) is 20.9. The molecule has 5 atom stereocenters. The van der Waals surface area contributed by atoms with Crippen molar-refractivity contribution < 1.29 is 19.0 Å². The first kappa shape index (κ1) is 23.1. The van der Waals surface area contributed by atoms with E-state index < -0.39 is 5.97 Å². The normalized spacial score (nSPS) is 29.4. The molecule has 2 aliphatic rings. The van der Waals surface area contributed by atoms with Crippen LogP contribution in [0.3, 0.4) is 0 Å². The number of benzene rings is 1. The molecular weight excluding hydrogens is 472 g/mol. The average Bonchev–Trinajstić information content (AvgIpc) is 3.17. The molecule has 1 aliphatic carbocycles. The van der Waals surface area contributed by atoms with Crippen LogP contribution in [0, 0.1) is 23.2 Å². The van der Waals surface area contributed by atoms with E-state index in [1.807, 2.05) is 19.1 Å². The van der Waals surface area contributed by atoms with Gasteiger partial charge in [0.2, 0.25) is 0 Å². The third-order valence-corrected chi connectivity index (χ3v) is 7.98. The van der Waals surface area contributed by atoms with Gasteiger partial charge in [-0.2, -0.15) is 5.10 Å². The molecule has 0 amide bonds. The van der Waals surface area contributed by atoms with Crippen molar-refractivity contribution in [2.75, 3.05) is 20.3 Å². The predicted octanol–water partition coefficient (Wildman–Crippen LogP) is 5.44. The van der Waals surface area contributed by atoms with Gasteiger partial charge in [0.25, 0.3) is 0 Å². The second kappa shape index (κ2) is 9.02. The van der Waals surface area contributed by atoms with Gasteiger partial charge >= 0.3 is 5.97 Å². The lowest BCUT2D eigenvalue weighted by molar-refractivity contribution is -0.166. The molecule has 7 heteroatoms. The van der Waals surface area contributed by atoms with Crippen LogP contribution >= 0.6 is 15.9 Å². The van der Waals surface area contributed by atoms with Crippen LogP contribution in [0.1, 0.15) is 49.9 Å². The highest BCUT2D eigenvalue weighted by molar-refractivity contribution is 9.10. The Bertz CT molecular complexity index is 1020. The Kier molecular flexibility index (Phi) is 6.50. The Morgan fingerprint density at radius 3 is 2.66 bits per heavy atom. The third kappa shape index (κ3) is 3.90. The van der Waals surface area contributed by atoms with E-state index in [0.29, 0.717) is 29.9 Å². The number of fused-ring (bicyclic) bond motifs is 2. The van der Waals surface area contributed by atoms with E-state index in [9.17, 15) is 4.79 Å². The number of halogens is 1. The lowest BCUT2D eigenvalue weighted by atomic mass is 9.56. The van der Waals surface area contributed by atoms with E-state index in [1.165, 1.54) is 5.57 Å². The molecule has 172 valence electrons. The highest BCUT2D eigenvalue weighted by Gasteiger charge is 2.54. The smallest absolute Gasteiger partial charge is 0.360 e. The molecular formula is C25H31BrN2O4. The molecule has 4 rings (SSSR count). The summed E-state index contributed by atoms with van der Waals surface area (Å²) in [6, 6.07) is 8.11. The molecule has 1 aliphatic heterocycles. The number of esters is 1. The molecule has 0 saturated carbocycles. The second-order valence-corrected chi connectivity index (χ2v) is 9.86. The zero-order valence-electron chi connectivity index (χ0n) is 19.3. The van der Waals surface area contributed by atoms with Crippen LogP contribution in [0.2, 0.25) is 0 Å². The van der Waals surface area contributed by atoms with E-state index in [2.05, 4.69) is 60.0 Å². The number of ether oxygens (including phenoxy) is 3. The molecule has 0 N–H and O–H groups in total. The van der Waals surface area contributed by atoms with Crippen molar-refractivity contribution >= 4 is 21.9 Å². The van der Waals surface area contributed by atoms with Crippen molar-refractivity contribution in [3.63, 3.8) is 0 Å². The molecule has 2 heterocycles. The summed E-state index contributed by atoms with van der Waals surface area (Å²) in [6.45, 7) is 10.2. The monoisotopic (exact) mass is 502 g/mol. The summed E-state index contributed by atoms with van der Waals surface area (Å²) in [5.41, 5.74) is 2.51. The summed E-state index contributed by atoms with van der Waals surface area (Å²) in [5, 5.41) is 4.33. The van der Waals surface area contributed by atoms with Gasteiger partial charge in [0.1, 0.15) is 12.4 Å². The van der Waals surface area contributed by atoms with Crippen molar-refractivity contribution in [2.45, 2.75) is 40.3 Å². The van der Waals surface area contributed by atoms with Gasteiger partial charge in [-0.25, -0.2) is 4.79 Å². The largest absolute Gasteiger partial charge is 0.497 e. The highest BCUT2D eigenvalue weighted by atomic mass is 79.9. The van der Waals surface area contributed by atoms with Crippen LogP contribution in [0.15, 0.2) is 46.6 Å². The molecule has 2 aromatic rings. The number of aryl methyl sites for hydroxylation is 1. The molecule has 6 nitrogen and oxygen atoms in total. The molecule has 1 aromatic heterocycles. The van der Waals surface area contributed by atoms with Crippen LogP contribution in [0.4, 0.5) is 0 Å². The molecule has 1 aromatic carbocycles. The first-order valence-corrected chi connectivity index (χ1v) is 11.9. The van der Waals surface area contributed by atoms with Gasteiger partial charge in [-0.1, -0.05) is 37.6 Å². The second-order valence-electron chi connectivity index (χ2n) is 9.01. The first-order chi connectivity index (χ1) is 15.3. The van der Waals surface area contributed by atoms with Crippen LogP contribution < -0.4 is 4.74 Å². The summed E-state index contributed by atoms with van der Waals surface area (Å²) < 4.78 is 20.0. The minimum atomic E-state index is -0.405. The summed E-state index contributed by atoms with van der Waals surface area (Å²) in [6.07, 6.45) is 4.10. The zero-order chi connectivity index (χ0) is 23.0. The van der Waals surface area contributed by atoms with Gasteiger partial charge in [0, 0.05) is 24.1 Å². The Labute approximate surface area is 198 Å². The SMILES string of the molecule is CCn1cc(Br)c(C(=O)OC[C@]23CO[C@H](c4ccc(OC)cc4)[C@@H](C(C)=C[C@H]2C)[C@H]3C)n1. The summed E-state index contributed by atoms with van der Waals surface area (Å²) in [7, 11) is 1.67. The number of nitrogens with zero attached hydrogens (tertiary/aromatic N) is 2. The van der Waals surface area contributed by atoms with Gasteiger partial charge in [-0.3, -0.25) is 4.68 Å². The minimum absolute atomic E-state index is 0.0297. The minimum Gasteiger partial charge on any atom is -0.497 e. The van der Waals surface area contributed by atoms with Crippen molar-refractivity contribution in [3.8, 4) is 5.75 Å². The number of hydrogen-bond acceptors (Lipinski definition) is 5. The van der Waals surface area contributed by atoms with Crippen molar-refractivity contribution in [3.05, 3.63) is 57.8 Å². The number of hydrogen-bond donors (Lipinski definition) is 0. The van der Waals surface area contributed by atoms with Crippen LogP contribution in [0.25, 0.3) is 0 Å². The van der Waals surface area contributed by atoms with Gasteiger partial charge in [0.05, 0.1) is 24.3 Å². The fourth-order valence-electron chi connectivity index (χ4n) is 5.32. The number of aromatic nitrogens is 2. The lowest BCUT2D eigenvalue weighted by Gasteiger charge is -2.55. The van der Waals surface area contributed by atoms with E-state index >= 15 is 0 Å². The van der Waals surface area contributed by atoms with Crippen molar-refractivity contribution in [1.82, 2.24) is 9.78 Å². The molecule has 32 heavy (non-hydrogen) atoms. The fourth-order valence-corrected chi connectivity index (χ4v) is 5.80. The van der Waals surface area contributed by atoms with Crippen LogP contribution in [-0.2, 0) is 16.0 Å². The summed E-state index contributed by atoms with van der Waals surface area (Å²) in [4.78, 5) is 12.8. The maximum Gasteiger partial charge on any atom is 0.360 e. The fraction of sp³-hybridized carbons (Fsp3) is 0.520. The first-order valence-electron chi connectivity index (χ1n) is 11.1. The standard InChI is InChI=1S/C25H31BrN2O4/c1-6-28-12-20(26)22(27-28)24(29)32-14-25-13-31-23(18-7-9-19(30-5)10-8-18)21(17(25)4)15(2)11-16(25)3/h7-12,16-17,21,23H,6,13-14H2,1-5H3/t16-,17-,21+,23-,25-/m1/s1. The quantitative estimate of drug-likeness (QED) is 0.388. The number of allylic oxidation sites excluding steroid dienone is 1. The highest BCUT2D eigenvalue weighted by Crippen LogP contribution is 2.56. The molecule has 0 spiro atoms. The lowest BCUT2D eigenvalue weighted by Crippen LogP contribution is -2.54. The Hall–Kier alpha value is -2.12. The van der Waals surface area contributed by atoms with Gasteiger partial charge in [-0.15, -0.1) is 0 Å². The van der Waals surface area contributed by atoms with E-state index in [1.54, 1.807) is 18.0 Å². The van der Waals surface area contributed by atoms with E-state index in [-0.39, 0.29) is 29.3 Å². The molecule has 0 radical (unpaired) electrons. The number of carbonyl (C=O) groups is 1. The van der Waals surface area contributed by atoms with Gasteiger partial charge < -0.3 is 14.2 Å². The number of rotatable bonds is 6.